The van der Waals surface area contributed by atoms with Crippen LogP contribution in [0.4, 0.5) is 4.79 Å². The Morgan fingerprint density at radius 2 is 2.22 bits per heavy atom. The summed E-state index contributed by atoms with van der Waals surface area (Å²) in [5.41, 5.74) is 8.02. The molecule has 0 saturated carbocycles. The van der Waals surface area contributed by atoms with Gasteiger partial charge in [0, 0.05) is 31.7 Å². The van der Waals surface area contributed by atoms with Gasteiger partial charge in [-0.3, -0.25) is 4.90 Å². The van der Waals surface area contributed by atoms with E-state index in [0.717, 1.165) is 19.5 Å². The van der Waals surface area contributed by atoms with Gasteiger partial charge in [-0.2, -0.15) is 0 Å². The number of ether oxygens (including phenoxy) is 1. The summed E-state index contributed by atoms with van der Waals surface area (Å²) in [5, 5.41) is 2.96. The van der Waals surface area contributed by atoms with E-state index >= 15 is 0 Å². The van der Waals surface area contributed by atoms with Gasteiger partial charge in [-0.25, -0.2) is 4.79 Å². The molecule has 0 unspecified atom stereocenters. The highest BCUT2D eigenvalue weighted by atomic mass is 16.6. The summed E-state index contributed by atoms with van der Waals surface area (Å²) < 4.78 is 5.33. The van der Waals surface area contributed by atoms with Gasteiger partial charge in [-0.1, -0.05) is 29.8 Å². The summed E-state index contributed by atoms with van der Waals surface area (Å²) in [6.45, 7) is 10.0. The third kappa shape index (κ3) is 5.22. The van der Waals surface area contributed by atoms with Gasteiger partial charge >= 0.3 is 6.09 Å². The fourth-order valence-corrected chi connectivity index (χ4v) is 3.04. The summed E-state index contributed by atoms with van der Waals surface area (Å²) in [6, 6.07) is 8.78. The predicted molar refractivity (Wildman–Crippen MR) is 92.3 cm³/mol. The average Bonchev–Trinajstić information content (AvgIpc) is 2.85. The second kappa shape index (κ2) is 7.32. The van der Waals surface area contributed by atoms with Crippen LogP contribution in [0.3, 0.4) is 0 Å². The van der Waals surface area contributed by atoms with Crippen LogP contribution < -0.4 is 11.1 Å². The maximum Gasteiger partial charge on any atom is 0.407 e. The zero-order valence-electron chi connectivity index (χ0n) is 14.6. The molecule has 128 valence electrons. The molecule has 1 aromatic carbocycles. The first kappa shape index (κ1) is 17.8. The van der Waals surface area contributed by atoms with Crippen molar-refractivity contribution in [1.82, 2.24) is 10.2 Å². The molecular weight excluding hydrogens is 290 g/mol. The van der Waals surface area contributed by atoms with Gasteiger partial charge in [0.15, 0.2) is 0 Å². The number of carbonyl (C=O) groups is 1. The number of rotatable bonds is 4. The number of benzene rings is 1. The van der Waals surface area contributed by atoms with Crippen LogP contribution in [-0.4, -0.2) is 42.3 Å². The first-order valence-electron chi connectivity index (χ1n) is 8.28. The first-order chi connectivity index (χ1) is 10.8. The second-order valence-corrected chi connectivity index (χ2v) is 7.29. The van der Waals surface area contributed by atoms with E-state index < -0.39 is 5.60 Å². The fraction of sp³-hybridized carbons (Fsp3) is 0.611. The number of nitrogens with zero attached hydrogens (tertiary/aromatic N) is 1. The van der Waals surface area contributed by atoms with Crippen molar-refractivity contribution in [1.29, 1.82) is 0 Å². The lowest BCUT2D eigenvalue weighted by molar-refractivity contribution is 0.0504. The summed E-state index contributed by atoms with van der Waals surface area (Å²) in [5.74, 6) is 0. The molecule has 2 rings (SSSR count). The number of nitrogens with two attached hydrogens (primary N) is 1. The van der Waals surface area contributed by atoms with Gasteiger partial charge in [0.05, 0.1) is 0 Å². The van der Waals surface area contributed by atoms with E-state index in [-0.39, 0.29) is 18.2 Å². The third-order valence-electron chi connectivity index (χ3n) is 4.03. The standard InChI is InChI=1S/C18H29N3O2/c1-13-6-5-7-14(10-13)16(11-19)21-9-8-15(12-21)20-17(22)23-18(2,3)4/h5-7,10,15-16H,8-9,11-12,19H2,1-4H3,(H,20,22)/t15-,16-/m1/s1. The van der Waals surface area contributed by atoms with Crippen LogP contribution in [0.2, 0.25) is 0 Å². The van der Waals surface area contributed by atoms with E-state index in [2.05, 4.69) is 41.4 Å². The van der Waals surface area contributed by atoms with E-state index in [9.17, 15) is 4.79 Å². The molecular formula is C18H29N3O2. The monoisotopic (exact) mass is 319 g/mol. The third-order valence-corrected chi connectivity index (χ3v) is 4.03. The lowest BCUT2D eigenvalue weighted by Crippen LogP contribution is -2.41. The maximum atomic E-state index is 11.9. The number of carbonyl (C=O) groups excluding carboxylic acids is 1. The Balaban J connectivity index is 1.94. The number of amides is 1. The minimum atomic E-state index is -0.469. The van der Waals surface area contributed by atoms with Crippen molar-refractivity contribution in [2.24, 2.45) is 5.73 Å². The van der Waals surface area contributed by atoms with E-state index in [1.165, 1.54) is 11.1 Å². The van der Waals surface area contributed by atoms with E-state index in [1.807, 2.05) is 20.8 Å². The van der Waals surface area contributed by atoms with Crippen LogP contribution in [0.5, 0.6) is 0 Å². The van der Waals surface area contributed by atoms with Crippen LogP contribution in [0.25, 0.3) is 0 Å². The summed E-state index contributed by atoms with van der Waals surface area (Å²) in [6.07, 6.45) is 0.575. The highest BCUT2D eigenvalue weighted by Crippen LogP contribution is 2.25. The Morgan fingerprint density at radius 3 is 2.83 bits per heavy atom. The average molecular weight is 319 g/mol. The minimum Gasteiger partial charge on any atom is -0.444 e. The molecule has 1 amide bonds. The number of hydrogen-bond acceptors (Lipinski definition) is 4. The molecule has 0 radical (unpaired) electrons. The normalized spacial score (nSPS) is 20.3. The Bertz CT molecular complexity index is 539. The second-order valence-electron chi connectivity index (χ2n) is 7.29. The first-order valence-corrected chi connectivity index (χ1v) is 8.28. The van der Waals surface area contributed by atoms with Crippen LogP contribution >= 0.6 is 0 Å². The Morgan fingerprint density at radius 1 is 1.48 bits per heavy atom. The molecule has 23 heavy (non-hydrogen) atoms. The molecule has 1 heterocycles. The molecule has 0 bridgehead atoms. The zero-order valence-corrected chi connectivity index (χ0v) is 14.6. The topological polar surface area (TPSA) is 67.6 Å². The Kier molecular flexibility index (Phi) is 5.65. The molecule has 2 atom stereocenters. The zero-order chi connectivity index (χ0) is 17.0. The molecule has 1 fully saturated rings. The van der Waals surface area contributed by atoms with Crippen LogP contribution in [0.1, 0.15) is 44.4 Å². The largest absolute Gasteiger partial charge is 0.444 e. The van der Waals surface area contributed by atoms with Crippen molar-refractivity contribution in [3.63, 3.8) is 0 Å². The fourth-order valence-electron chi connectivity index (χ4n) is 3.04. The highest BCUT2D eigenvalue weighted by Gasteiger charge is 2.30. The lowest BCUT2D eigenvalue weighted by atomic mass is 10.0. The molecule has 1 saturated heterocycles. The number of likely N-dealkylation sites (tertiary alicyclic amines) is 1. The van der Waals surface area contributed by atoms with Crippen molar-refractivity contribution in [2.75, 3.05) is 19.6 Å². The highest BCUT2D eigenvalue weighted by molar-refractivity contribution is 5.68. The summed E-state index contributed by atoms with van der Waals surface area (Å²) in [7, 11) is 0. The molecule has 5 heteroatoms. The van der Waals surface area contributed by atoms with Gasteiger partial charge in [-0.05, 0) is 39.7 Å². The van der Waals surface area contributed by atoms with E-state index in [4.69, 9.17) is 10.5 Å². The van der Waals surface area contributed by atoms with Crippen LogP contribution in [0.15, 0.2) is 24.3 Å². The SMILES string of the molecule is Cc1cccc([C@@H](CN)N2CC[C@@H](NC(=O)OC(C)(C)C)C2)c1. The summed E-state index contributed by atoms with van der Waals surface area (Å²) >= 11 is 0. The van der Waals surface area contributed by atoms with Gasteiger partial charge in [0.25, 0.3) is 0 Å². The van der Waals surface area contributed by atoms with Crippen molar-refractivity contribution in [3.8, 4) is 0 Å². The minimum absolute atomic E-state index is 0.115. The predicted octanol–water partition coefficient (Wildman–Crippen LogP) is 2.59. The number of hydrogen-bond donors (Lipinski definition) is 2. The smallest absolute Gasteiger partial charge is 0.407 e. The number of nitrogens with one attached hydrogen (secondary N) is 1. The molecule has 1 aliphatic rings. The van der Waals surface area contributed by atoms with Crippen molar-refractivity contribution >= 4 is 6.09 Å². The molecule has 3 N–H and O–H groups in total. The number of aryl methyl sites for hydroxylation is 1. The van der Waals surface area contributed by atoms with Gasteiger partial charge in [0.1, 0.15) is 5.60 Å². The molecule has 5 nitrogen and oxygen atoms in total. The van der Waals surface area contributed by atoms with E-state index in [0.29, 0.717) is 6.54 Å². The van der Waals surface area contributed by atoms with Gasteiger partial charge in [-0.15, -0.1) is 0 Å². The van der Waals surface area contributed by atoms with Gasteiger partial charge < -0.3 is 15.8 Å². The Labute approximate surface area is 139 Å². The van der Waals surface area contributed by atoms with Gasteiger partial charge in [0.2, 0.25) is 0 Å². The maximum absolute atomic E-state index is 11.9. The molecule has 0 aliphatic carbocycles. The quantitative estimate of drug-likeness (QED) is 0.895. The molecule has 1 aliphatic heterocycles. The number of alkyl carbamates (subject to hydrolysis) is 1. The lowest BCUT2D eigenvalue weighted by Gasteiger charge is -2.27. The van der Waals surface area contributed by atoms with Crippen LogP contribution in [0, 0.1) is 6.92 Å². The van der Waals surface area contributed by atoms with Crippen molar-refractivity contribution in [3.05, 3.63) is 35.4 Å². The molecule has 0 spiro atoms. The summed E-state index contributed by atoms with van der Waals surface area (Å²) in [4.78, 5) is 14.2. The molecule has 0 aromatic heterocycles. The van der Waals surface area contributed by atoms with Crippen molar-refractivity contribution < 1.29 is 9.53 Å². The van der Waals surface area contributed by atoms with Crippen molar-refractivity contribution in [2.45, 2.75) is 51.8 Å². The van der Waals surface area contributed by atoms with Crippen LogP contribution in [-0.2, 0) is 4.74 Å². The Hall–Kier alpha value is -1.59. The van der Waals surface area contributed by atoms with E-state index in [1.54, 1.807) is 0 Å². The molecule has 1 aromatic rings.